The summed E-state index contributed by atoms with van der Waals surface area (Å²) in [6.07, 6.45) is 0.979. The van der Waals surface area contributed by atoms with Gasteiger partial charge in [0, 0.05) is 11.3 Å². The van der Waals surface area contributed by atoms with E-state index < -0.39 is 0 Å². The van der Waals surface area contributed by atoms with Gasteiger partial charge in [0.1, 0.15) is 6.61 Å². The van der Waals surface area contributed by atoms with Gasteiger partial charge in [-0.1, -0.05) is 43.3 Å². The number of hydrogen-bond donors (Lipinski definition) is 1. The number of para-hydroxylation sites is 2. The summed E-state index contributed by atoms with van der Waals surface area (Å²) in [5, 5.41) is 2.92. The summed E-state index contributed by atoms with van der Waals surface area (Å²) in [5.41, 5.74) is 3.62. The molecule has 138 valence electrons. The molecule has 3 aromatic carbocycles. The minimum absolute atomic E-state index is 0.128. The van der Waals surface area contributed by atoms with Crippen LogP contribution in [0.3, 0.4) is 0 Å². The average molecular weight is 361 g/mol. The Morgan fingerprint density at radius 2 is 1.48 bits per heavy atom. The molecule has 0 bridgehead atoms. The molecule has 3 aromatic rings. The summed E-state index contributed by atoms with van der Waals surface area (Å²) >= 11 is 0. The van der Waals surface area contributed by atoms with Crippen molar-refractivity contribution < 1.29 is 14.3 Å². The van der Waals surface area contributed by atoms with Crippen LogP contribution in [0, 0.1) is 0 Å². The molecule has 0 spiro atoms. The number of carbonyl (C=O) groups excluding carboxylic acids is 1. The molecular formula is C23H23NO3. The molecule has 4 nitrogen and oxygen atoms in total. The van der Waals surface area contributed by atoms with Crippen LogP contribution < -0.4 is 14.8 Å². The van der Waals surface area contributed by atoms with Gasteiger partial charge in [0.05, 0.1) is 7.11 Å². The van der Waals surface area contributed by atoms with Crippen LogP contribution in [-0.2, 0) is 13.0 Å². The maximum Gasteiger partial charge on any atom is 0.255 e. The van der Waals surface area contributed by atoms with E-state index in [0.717, 1.165) is 17.7 Å². The number of aryl methyl sites for hydroxylation is 1. The van der Waals surface area contributed by atoms with E-state index in [2.05, 4.69) is 12.2 Å². The van der Waals surface area contributed by atoms with Crippen LogP contribution in [-0.4, -0.2) is 13.0 Å². The van der Waals surface area contributed by atoms with Crippen LogP contribution in [0.15, 0.2) is 72.8 Å². The number of hydrogen-bond acceptors (Lipinski definition) is 3. The van der Waals surface area contributed by atoms with Gasteiger partial charge in [-0.25, -0.2) is 0 Å². The topological polar surface area (TPSA) is 47.6 Å². The van der Waals surface area contributed by atoms with E-state index in [-0.39, 0.29) is 5.91 Å². The molecule has 4 heteroatoms. The van der Waals surface area contributed by atoms with Crippen LogP contribution in [0.2, 0.25) is 0 Å². The Labute approximate surface area is 159 Å². The van der Waals surface area contributed by atoms with E-state index in [1.54, 1.807) is 19.2 Å². The van der Waals surface area contributed by atoms with E-state index in [1.807, 2.05) is 60.7 Å². The lowest BCUT2D eigenvalue weighted by molar-refractivity contribution is 0.102. The smallest absolute Gasteiger partial charge is 0.255 e. The molecule has 0 fully saturated rings. The lowest BCUT2D eigenvalue weighted by atomic mass is 10.1. The highest BCUT2D eigenvalue weighted by atomic mass is 16.5. The summed E-state index contributed by atoms with van der Waals surface area (Å²) < 4.78 is 11.1. The summed E-state index contributed by atoms with van der Waals surface area (Å²) in [5.74, 6) is 1.26. The highest BCUT2D eigenvalue weighted by Gasteiger charge is 2.07. The molecule has 27 heavy (non-hydrogen) atoms. The Balaban J connectivity index is 1.59. The van der Waals surface area contributed by atoms with Crippen molar-refractivity contribution in [2.75, 3.05) is 12.4 Å². The van der Waals surface area contributed by atoms with E-state index in [1.165, 1.54) is 5.56 Å². The molecule has 0 unspecified atom stereocenters. The minimum Gasteiger partial charge on any atom is -0.493 e. The monoisotopic (exact) mass is 361 g/mol. The van der Waals surface area contributed by atoms with E-state index in [4.69, 9.17) is 9.47 Å². The van der Waals surface area contributed by atoms with Gasteiger partial charge in [-0.05, 0) is 53.9 Å². The van der Waals surface area contributed by atoms with Gasteiger partial charge in [-0.3, -0.25) is 4.79 Å². The Kier molecular flexibility index (Phi) is 6.10. The van der Waals surface area contributed by atoms with Crippen LogP contribution in [0.5, 0.6) is 11.5 Å². The van der Waals surface area contributed by atoms with Crippen molar-refractivity contribution in [1.29, 1.82) is 0 Å². The maximum absolute atomic E-state index is 12.4. The van der Waals surface area contributed by atoms with Crippen LogP contribution in [0.4, 0.5) is 5.69 Å². The number of benzene rings is 3. The fourth-order valence-electron chi connectivity index (χ4n) is 2.68. The lowest BCUT2D eigenvalue weighted by Crippen LogP contribution is -2.12. The number of nitrogens with one attached hydrogen (secondary N) is 1. The van der Waals surface area contributed by atoms with Gasteiger partial charge in [-0.15, -0.1) is 0 Å². The van der Waals surface area contributed by atoms with Gasteiger partial charge in [-0.2, -0.15) is 0 Å². The zero-order chi connectivity index (χ0) is 19.1. The molecule has 1 amide bonds. The second-order valence-electron chi connectivity index (χ2n) is 6.14. The van der Waals surface area contributed by atoms with Crippen molar-refractivity contribution >= 4 is 11.6 Å². The van der Waals surface area contributed by atoms with Gasteiger partial charge < -0.3 is 14.8 Å². The number of amides is 1. The van der Waals surface area contributed by atoms with Crippen LogP contribution in [0.25, 0.3) is 0 Å². The Bertz CT molecular complexity index is 886. The molecule has 0 saturated heterocycles. The fourth-order valence-corrected chi connectivity index (χ4v) is 2.68. The Morgan fingerprint density at radius 1 is 0.852 bits per heavy atom. The Morgan fingerprint density at radius 3 is 2.11 bits per heavy atom. The average Bonchev–Trinajstić information content (AvgIpc) is 2.73. The molecular weight excluding hydrogens is 338 g/mol. The van der Waals surface area contributed by atoms with Crippen LogP contribution in [0.1, 0.15) is 28.4 Å². The van der Waals surface area contributed by atoms with Gasteiger partial charge in [0.2, 0.25) is 0 Å². The zero-order valence-corrected chi connectivity index (χ0v) is 15.6. The molecule has 0 aliphatic carbocycles. The van der Waals surface area contributed by atoms with Crippen molar-refractivity contribution in [3.8, 4) is 11.5 Å². The number of carbonyl (C=O) groups is 1. The quantitative estimate of drug-likeness (QED) is 0.638. The molecule has 0 saturated carbocycles. The summed E-state index contributed by atoms with van der Waals surface area (Å²) in [6, 6.07) is 22.8. The molecule has 0 atom stereocenters. The minimum atomic E-state index is -0.128. The molecule has 0 aliphatic heterocycles. The zero-order valence-electron chi connectivity index (χ0n) is 15.6. The molecule has 1 N–H and O–H groups in total. The third-order valence-electron chi connectivity index (χ3n) is 4.30. The van der Waals surface area contributed by atoms with Crippen LogP contribution >= 0.6 is 0 Å². The van der Waals surface area contributed by atoms with Crippen molar-refractivity contribution in [2.24, 2.45) is 0 Å². The van der Waals surface area contributed by atoms with Crippen molar-refractivity contribution in [1.82, 2.24) is 0 Å². The first kappa shape index (κ1) is 18.5. The largest absolute Gasteiger partial charge is 0.493 e. The highest BCUT2D eigenvalue weighted by molar-refractivity contribution is 6.04. The third-order valence-corrected chi connectivity index (χ3v) is 4.30. The van der Waals surface area contributed by atoms with Crippen molar-refractivity contribution in [3.63, 3.8) is 0 Å². The first-order valence-corrected chi connectivity index (χ1v) is 8.94. The second kappa shape index (κ2) is 8.90. The molecule has 0 aromatic heterocycles. The summed E-state index contributed by atoms with van der Waals surface area (Å²) in [7, 11) is 1.62. The van der Waals surface area contributed by atoms with Gasteiger partial charge in [0.15, 0.2) is 11.5 Å². The molecule has 3 rings (SSSR count). The number of methoxy groups -OCH3 is 1. The van der Waals surface area contributed by atoms with E-state index in [9.17, 15) is 4.79 Å². The predicted octanol–water partition coefficient (Wildman–Crippen LogP) is 5.09. The summed E-state index contributed by atoms with van der Waals surface area (Å²) in [4.78, 5) is 12.4. The van der Waals surface area contributed by atoms with Crippen molar-refractivity contribution in [3.05, 3.63) is 89.5 Å². The highest BCUT2D eigenvalue weighted by Crippen LogP contribution is 2.26. The van der Waals surface area contributed by atoms with E-state index in [0.29, 0.717) is 23.7 Å². The van der Waals surface area contributed by atoms with Crippen molar-refractivity contribution in [2.45, 2.75) is 20.0 Å². The SMILES string of the molecule is CCc1ccc(NC(=O)c2ccc(COc3ccccc3OC)cc2)cc1. The first-order valence-electron chi connectivity index (χ1n) is 8.94. The van der Waals surface area contributed by atoms with E-state index >= 15 is 0 Å². The first-order chi connectivity index (χ1) is 13.2. The normalized spacial score (nSPS) is 10.3. The second-order valence-corrected chi connectivity index (χ2v) is 6.14. The van der Waals surface area contributed by atoms with Gasteiger partial charge in [0.25, 0.3) is 5.91 Å². The fraction of sp³-hybridized carbons (Fsp3) is 0.174. The third kappa shape index (κ3) is 4.88. The van der Waals surface area contributed by atoms with Gasteiger partial charge >= 0.3 is 0 Å². The molecule has 0 aliphatic rings. The summed E-state index contributed by atoms with van der Waals surface area (Å²) in [6.45, 7) is 2.51. The predicted molar refractivity (Wildman–Crippen MR) is 108 cm³/mol. The Hall–Kier alpha value is -3.27. The number of rotatable bonds is 7. The number of ether oxygens (including phenoxy) is 2. The molecule has 0 heterocycles. The molecule has 0 radical (unpaired) electrons. The maximum atomic E-state index is 12.4. The lowest BCUT2D eigenvalue weighted by Gasteiger charge is -2.11. The number of anilines is 1. The standard InChI is InChI=1S/C23H23NO3/c1-3-17-10-14-20(15-11-17)24-23(25)19-12-8-18(9-13-19)16-27-22-7-5-4-6-21(22)26-2/h4-15H,3,16H2,1-2H3,(H,24,25).